The van der Waals surface area contributed by atoms with Crippen LogP contribution in [0.15, 0.2) is 24.4 Å². The van der Waals surface area contributed by atoms with Crippen molar-refractivity contribution < 1.29 is 4.39 Å². The first-order valence-corrected chi connectivity index (χ1v) is 5.53. The van der Waals surface area contributed by atoms with E-state index in [1.165, 1.54) is 6.07 Å². The lowest BCUT2D eigenvalue weighted by atomic mass is 10.1. The minimum Gasteiger partial charge on any atom is -0.380 e. The van der Waals surface area contributed by atoms with E-state index in [4.69, 9.17) is 5.26 Å². The SMILES string of the molecule is Cc1c(CNc2cccc(F)c2C#N)cnn1C. The molecule has 0 fully saturated rings. The maximum atomic E-state index is 13.4. The first-order valence-electron chi connectivity index (χ1n) is 5.53. The Labute approximate surface area is 105 Å². The van der Waals surface area contributed by atoms with Crippen LogP contribution < -0.4 is 5.32 Å². The van der Waals surface area contributed by atoms with Crippen molar-refractivity contribution in [2.45, 2.75) is 13.5 Å². The Morgan fingerprint density at radius 1 is 1.50 bits per heavy atom. The van der Waals surface area contributed by atoms with Crippen LogP contribution in [-0.2, 0) is 13.6 Å². The number of hydrogen-bond acceptors (Lipinski definition) is 3. The molecule has 0 unspecified atom stereocenters. The molecule has 0 saturated heterocycles. The normalized spacial score (nSPS) is 10.1. The molecule has 0 atom stereocenters. The van der Waals surface area contributed by atoms with Gasteiger partial charge < -0.3 is 5.32 Å². The van der Waals surface area contributed by atoms with Crippen molar-refractivity contribution in [2.24, 2.45) is 7.05 Å². The predicted molar refractivity (Wildman–Crippen MR) is 66.4 cm³/mol. The third-order valence-corrected chi connectivity index (χ3v) is 2.93. The van der Waals surface area contributed by atoms with Crippen molar-refractivity contribution >= 4 is 5.69 Å². The lowest BCUT2D eigenvalue weighted by molar-refractivity contribution is 0.624. The fourth-order valence-corrected chi connectivity index (χ4v) is 1.69. The van der Waals surface area contributed by atoms with Crippen LogP contribution in [0, 0.1) is 24.1 Å². The standard InChI is InChI=1S/C13H13FN4/c1-9-10(8-17-18(9)2)7-16-13-5-3-4-12(14)11(13)6-15/h3-5,8,16H,7H2,1-2H3. The molecule has 1 aromatic carbocycles. The van der Waals surface area contributed by atoms with Gasteiger partial charge >= 0.3 is 0 Å². The summed E-state index contributed by atoms with van der Waals surface area (Å²) in [4.78, 5) is 0. The number of aromatic nitrogens is 2. The number of halogens is 1. The summed E-state index contributed by atoms with van der Waals surface area (Å²) < 4.78 is 15.2. The van der Waals surface area contributed by atoms with Gasteiger partial charge in [-0.15, -0.1) is 0 Å². The molecular formula is C13H13FN4. The fourth-order valence-electron chi connectivity index (χ4n) is 1.69. The first-order chi connectivity index (χ1) is 8.63. The van der Waals surface area contributed by atoms with Crippen molar-refractivity contribution in [2.75, 3.05) is 5.32 Å². The van der Waals surface area contributed by atoms with E-state index in [1.807, 2.05) is 20.0 Å². The number of nitrogens with one attached hydrogen (secondary N) is 1. The molecule has 0 aliphatic rings. The summed E-state index contributed by atoms with van der Waals surface area (Å²) in [6.07, 6.45) is 1.76. The molecule has 18 heavy (non-hydrogen) atoms. The van der Waals surface area contributed by atoms with Crippen molar-refractivity contribution in [1.82, 2.24) is 9.78 Å². The van der Waals surface area contributed by atoms with Crippen LogP contribution in [0.3, 0.4) is 0 Å². The van der Waals surface area contributed by atoms with E-state index >= 15 is 0 Å². The van der Waals surface area contributed by atoms with Gasteiger partial charge in [-0.2, -0.15) is 10.4 Å². The zero-order valence-corrected chi connectivity index (χ0v) is 10.2. The molecule has 0 radical (unpaired) electrons. The van der Waals surface area contributed by atoms with E-state index in [0.29, 0.717) is 12.2 Å². The molecule has 92 valence electrons. The Morgan fingerprint density at radius 2 is 2.28 bits per heavy atom. The van der Waals surface area contributed by atoms with Crippen molar-refractivity contribution in [3.63, 3.8) is 0 Å². The number of aryl methyl sites for hydroxylation is 1. The minimum absolute atomic E-state index is 0.0408. The van der Waals surface area contributed by atoms with Crippen LogP contribution in [0.5, 0.6) is 0 Å². The summed E-state index contributed by atoms with van der Waals surface area (Å²) in [6.45, 7) is 2.47. The molecule has 2 aromatic rings. The van der Waals surface area contributed by atoms with Crippen LogP contribution in [0.2, 0.25) is 0 Å². The molecule has 0 aliphatic heterocycles. The summed E-state index contributed by atoms with van der Waals surface area (Å²) in [5, 5.41) is 16.1. The Bertz CT molecular complexity index is 610. The summed E-state index contributed by atoms with van der Waals surface area (Å²) in [5.74, 6) is -0.509. The van der Waals surface area contributed by atoms with E-state index in [9.17, 15) is 4.39 Å². The van der Waals surface area contributed by atoms with Gasteiger partial charge in [-0.3, -0.25) is 4.68 Å². The molecule has 4 nitrogen and oxygen atoms in total. The maximum absolute atomic E-state index is 13.4. The predicted octanol–water partition coefficient (Wildman–Crippen LogP) is 2.35. The van der Waals surface area contributed by atoms with Gasteiger partial charge in [0.05, 0.1) is 11.9 Å². The zero-order chi connectivity index (χ0) is 13.1. The van der Waals surface area contributed by atoms with Gasteiger partial charge in [0.1, 0.15) is 17.4 Å². The van der Waals surface area contributed by atoms with Crippen molar-refractivity contribution in [3.05, 3.63) is 47.0 Å². The average molecular weight is 244 g/mol. The van der Waals surface area contributed by atoms with Gasteiger partial charge in [-0.25, -0.2) is 4.39 Å². The van der Waals surface area contributed by atoms with Gasteiger partial charge in [-0.1, -0.05) is 6.07 Å². The Balaban J connectivity index is 2.19. The van der Waals surface area contributed by atoms with E-state index in [2.05, 4.69) is 10.4 Å². The topological polar surface area (TPSA) is 53.6 Å². The van der Waals surface area contributed by atoms with Crippen LogP contribution >= 0.6 is 0 Å². The van der Waals surface area contributed by atoms with E-state index in [-0.39, 0.29) is 5.56 Å². The molecule has 0 spiro atoms. The first kappa shape index (κ1) is 12.1. The maximum Gasteiger partial charge on any atom is 0.143 e. The molecule has 1 heterocycles. The van der Waals surface area contributed by atoms with Gasteiger partial charge in [0.25, 0.3) is 0 Å². The monoisotopic (exact) mass is 244 g/mol. The third kappa shape index (κ3) is 2.18. The number of nitrogens with zero attached hydrogens (tertiary/aromatic N) is 3. The Hall–Kier alpha value is -2.35. The van der Waals surface area contributed by atoms with Gasteiger partial charge in [0.15, 0.2) is 0 Å². The molecule has 0 saturated carbocycles. The summed E-state index contributed by atoms with van der Waals surface area (Å²) in [5.41, 5.74) is 2.60. The molecule has 2 rings (SSSR count). The molecule has 0 amide bonds. The zero-order valence-electron chi connectivity index (χ0n) is 10.2. The quantitative estimate of drug-likeness (QED) is 0.901. The summed E-state index contributed by atoms with van der Waals surface area (Å²) in [7, 11) is 1.86. The van der Waals surface area contributed by atoms with Crippen LogP contribution in [0.4, 0.5) is 10.1 Å². The Morgan fingerprint density at radius 3 is 2.89 bits per heavy atom. The lowest BCUT2D eigenvalue weighted by Crippen LogP contribution is -2.03. The third-order valence-electron chi connectivity index (χ3n) is 2.93. The number of benzene rings is 1. The van der Waals surface area contributed by atoms with Crippen LogP contribution in [0.25, 0.3) is 0 Å². The molecule has 0 bridgehead atoms. The molecular weight excluding hydrogens is 231 g/mol. The number of nitriles is 1. The highest BCUT2D eigenvalue weighted by molar-refractivity contribution is 5.58. The second-order valence-corrected chi connectivity index (χ2v) is 4.01. The van der Waals surface area contributed by atoms with E-state index < -0.39 is 5.82 Å². The second-order valence-electron chi connectivity index (χ2n) is 4.01. The van der Waals surface area contributed by atoms with Gasteiger partial charge in [0.2, 0.25) is 0 Å². The molecule has 1 N–H and O–H groups in total. The largest absolute Gasteiger partial charge is 0.380 e. The van der Waals surface area contributed by atoms with E-state index in [1.54, 1.807) is 23.0 Å². The minimum atomic E-state index is -0.509. The summed E-state index contributed by atoms with van der Waals surface area (Å²) in [6, 6.07) is 6.40. The summed E-state index contributed by atoms with van der Waals surface area (Å²) >= 11 is 0. The lowest BCUT2D eigenvalue weighted by Gasteiger charge is -2.08. The molecule has 1 aromatic heterocycles. The number of anilines is 1. The number of rotatable bonds is 3. The highest BCUT2D eigenvalue weighted by Gasteiger charge is 2.08. The van der Waals surface area contributed by atoms with Crippen molar-refractivity contribution in [3.8, 4) is 6.07 Å². The highest BCUT2D eigenvalue weighted by Crippen LogP contribution is 2.19. The molecule has 5 heteroatoms. The smallest absolute Gasteiger partial charge is 0.143 e. The fraction of sp³-hybridized carbons (Fsp3) is 0.231. The van der Waals surface area contributed by atoms with E-state index in [0.717, 1.165) is 11.3 Å². The second kappa shape index (κ2) is 4.88. The van der Waals surface area contributed by atoms with Crippen LogP contribution in [0.1, 0.15) is 16.8 Å². The van der Waals surface area contributed by atoms with Gasteiger partial charge in [0, 0.05) is 24.8 Å². The van der Waals surface area contributed by atoms with Crippen LogP contribution in [-0.4, -0.2) is 9.78 Å². The Kier molecular flexibility index (Phi) is 3.28. The average Bonchev–Trinajstić information content (AvgIpc) is 2.68. The van der Waals surface area contributed by atoms with Gasteiger partial charge in [-0.05, 0) is 19.1 Å². The van der Waals surface area contributed by atoms with Crippen molar-refractivity contribution in [1.29, 1.82) is 5.26 Å². The highest BCUT2D eigenvalue weighted by atomic mass is 19.1. The number of hydrogen-bond donors (Lipinski definition) is 1. The molecule has 0 aliphatic carbocycles.